The second kappa shape index (κ2) is 5.30. The summed E-state index contributed by atoms with van der Waals surface area (Å²) < 4.78 is 12.1. The van der Waals surface area contributed by atoms with Gasteiger partial charge in [-0.15, -0.1) is 0 Å². The number of hydrogen-bond acceptors (Lipinski definition) is 4. The minimum atomic E-state index is -0.470. The normalized spacial score (nSPS) is 20.7. The molecule has 1 aromatic rings. The fourth-order valence-corrected chi connectivity index (χ4v) is 2.34. The zero-order valence-corrected chi connectivity index (χ0v) is 13.8. The molecule has 0 bridgehead atoms. The number of pyridine rings is 1. The fourth-order valence-electron chi connectivity index (χ4n) is 2.09. The van der Waals surface area contributed by atoms with Crippen LogP contribution in [-0.2, 0) is 15.9 Å². The predicted molar refractivity (Wildman–Crippen MR) is 82.4 cm³/mol. The van der Waals surface area contributed by atoms with Gasteiger partial charge in [0.05, 0.1) is 11.2 Å². The molecule has 0 radical (unpaired) electrons. The zero-order chi connectivity index (χ0) is 15.1. The van der Waals surface area contributed by atoms with Gasteiger partial charge in [0.1, 0.15) is 0 Å². The van der Waals surface area contributed by atoms with Gasteiger partial charge < -0.3 is 14.2 Å². The van der Waals surface area contributed by atoms with Gasteiger partial charge >= 0.3 is 7.12 Å². The molecule has 0 aromatic carbocycles. The second-order valence-electron chi connectivity index (χ2n) is 6.53. The Kier molecular flexibility index (Phi) is 4.18. The van der Waals surface area contributed by atoms with Crippen molar-refractivity contribution in [3.05, 3.63) is 23.0 Å². The van der Waals surface area contributed by atoms with Crippen molar-refractivity contribution in [3.63, 3.8) is 0 Å². The van der Waals surface area contributed by atoms with Crippen LogP contribution in [0.3, 0.4) is 0 Å². The largest absolute Gasteiger partial charge is 0.497 e. The molecule has 4 nitrogen and oxygen atoms in total. The quantitative estimate of drug-likeness (QED) is 0.800. The highest BCUT2D eigenvalue weighted by molar-refractivity contribution is 6.65. The van der Waals surface area contributed by atoms with Gasteiger partial charge in [0.15, 0.2) is 0 Å². The molecule has 0 amide bonds. The summed E-state index contributed by atoms with van der Waals surface area (Å²) in [4.78, 5) is 6.32. The van der Waals surface area contributed by atoms with Crippen LogP contribution in [-0.4, -0.2) is 42.3 Å². The first kappa shape index (κ1) is 15.8. The average Bonchev–Trinajstić information content (AvgIpc) is 2.50. The van der Waals surface area contributed by atoms with E-state index in [1.54, 1.807) is 12.4 Å². The van der Waals surface area contributed by atoms with Gasteiger partial charge in [-0.25, -0.2) is 0 Å². The van der Waals surface area contributed by atoms with Crippen LogP contribution in [0.15, 0.2) is 12.4 Å². The van der Waals surface area contributed by atoms with Gasteiger partial charge in [-0.3, -0.25) is 4.98 Å². The Morgan fingerprint density at radius 2 is 1.70 bits per heavy atom. The Hall–Kier alpha value is -0.615. The molecule has 1 saturated heterocycles. The molecule has 1 aliphatic heterocycles. The van der Waals surface area contributed by atoms with E-state index in [9.17, 15) is 0 Å². The summed E-state index contributed by atoms with van der Waals surface area (Å²) in [5, 5.41) is 0.673. The topological polar surface area (TPSA) is 34.6 Å². The van der Waals surface area contributed by atoms with Crippen LogP contribution in [0.1, 0.15) is 33.3 Å². The van der Waals surface area contributed by atoms with Crippen LogP contribution in [0.2, 0.25) is 5.02 Å². The van der Waals surface area contributed by atoms with Crippen molar-refractivity contribution in [1.82, 2.24) is 9.88 Å². The monoisotopic (exact) mass is 296 g/mol. The lowest BCUT2D eigenvalue weighted by Crippen LogP contribution is -2.41. The van der Waals surface area contributed by atoms with Gasteiger partial charge in [0.2, 0.25) is 0 Å². The van der Waals surface area contributed by atoms with Gasteiger partial charge in [0.25, 0.3) is 0 Å². The maximum Gasteiger partial charge on any atom is 0.497 e. The van der Waals surface area contributed by atoms with Gasteiger partial charge in [-0.1, -0.05) is 11.6 Å². The maximum absolute atomic E-state index is 6.49. The lowest BCUT2D eigenvalue weighted by molar-refractivity contribution is 0.00578. The number of nitrogens with zero attached hydrogens (tertiary/aromatic N) is 2. The molecule has 6 heteroatoms. The summed E-state index contributed by atoms with van der Waals surface area (Å²) in [6.45, 7) is 8.84. The van der Waals surface area contributed by atoms with E-state index in [0.29, 0.717) is 5.02 Å². The summed E-state index contributed by atoms with van der Waals surface area (Å²) in [5.74, 6) is 0. The van der Waals surface area contributed by atoms with Crippen LogP contribution in [0.4, 0.5) is 0 Å². The molecule has 0 aliphatic carbocycles. The number of hydrogen-bond donors (Lipinski definition) is 0. The van der Waals surface area contributed by atoms with Gasteiger partial charge in [0, 0.05) is 35.0 Å². The lowest BCUT2D eigenvalue weighted by Gasteiger charge is -2.32. The van der Waals surface area contributed by atoms with E-state index in [4.69, 9.17) is 20.9 Å². The summed E-state index contributed by atoms with van der Waals surface area (Å²) in [6, 6.07) is 0. The zero-order valence-electron chi connectivity index (χ0n) is 13.0. The Morgan fingerprint density at radius 1 is 1.15 bits per heavy atom. The minimum absolute atomic E-state index is 0.376. The number of aromatic nitrogens is 1. The molecule has 0 N–H and O–H groups in total. The maximum atomic E-state index is 6.49. The summed E-state index contributed by atoms with van der Waals surface area (Å²) in [6.07, 6.45) is 3.51. The summed E-state index contributed by atoms with van der Waals surface area (Å²) in [5.41, 5.74) is 1.02. The van der Waals surface area contributed by atoms with Crippen LogP contribution in [0.5, 0.6) is 0 Å². The number of halogens is 1. The van der Waals surface area contributed by atoms with Gasteiger partial charge in [-0.05, 0) is 41.8 Å². The second-order valence-corrected chi connectivity index (χ2v) is 6.91. The van der Waals surface area contributed by atoms with Crippen LogP contribution in [0, 0.1) is 0 Å². The highest BCUT2D eigenvalue weighted by atomic mass is 35.5. The van der Waals surface area contributed by atoms with E-state index >= 15 is 0 Å². The van der Waals surface area contributed by atoms with E-state index < -0.39 is 7.12 Å². The SMILES string of the molecule is CN(C)Cc1cncc(B2OC(C)(C)C(C)(C)O2)c1Cl. The predicted octanol–water partition coefficient (Wildman–Crippen LogP) is 2.10. The highest BCUT2D eigenvalue weighted by Gasteiger charge is 2.52. The van der Waals surface area contributed by atoms with Crippen LogP contribution >= 0.6 is 11.6 Å². The molecule has 1 aromatic heterocycles. The first-order chi connectivity index (χ1) is 9.14. The molecule has 2 rings (SSSR count). The van der Waals surface area contributed by atoms with Crippen LogP contribution < -0.4 is 5.46 Å². The Balaban J connectivity index is 2.31. The standard InChI is InChI=1S/C14H22BClN2O2/c1-13(2)14(3,4)20-15(19-13)11-8-17-7-10(12(11)16)9-18(5)6/h7-8H,9H2,1-6H3. The molecule has 110 valence electrons. The molecule has 0 unspecified atom stereocenters. The summed E-state index contributed by atoms with van der Waals surface area (Å²) in [7, 11) is 3.53. The molecular weight excluding hydrogens is 274 g/mol. The van der Waals surface area contributed by atoms with E-state index in [0.717, 1.165) is 17.6 Å². The first-order valence-electron chi connectivity index (χ1n) is 6.77. The van der Waals surface area contributed by atoms with Crippen molar-refractivity contribution >= 4 is 24.2 Å². The summed E-state index contributed by atoms with van der Waals surface area (Å²) >= 11 is 6.49. The lowest BCUT2D eigenvalue weighted by atomic mass is 9.79. The minimum Gasteiger partial charge on any atom is -0.399 e. The molecule has 0 saturated carbocycles. The van der Waals surface area contributed by atoms with Crippen molar-refractivity contribution in [2.24, 2.45) is 0 Å². The van der Waals surface area contributed by atoms with Crippen molar-refractivity contribution in [1.29, 1.82) is 0 Å². The van der Waals surface area contributed by atoms with Crippen molar-refractivity contribution in [2.45, 2.75) is 45.4 Å². The highest BCUT2D eigenvalue weighted by Crippen LogP contribution is 2.37. The molecule has 0 spiro atoms. The molecule has 0 atom stereocenters. The third-order valence-electron chi connectivity index (χ3n) is 3.97. The molecular formula is C14H22BClN2O2. The fraction of sp³-hybridized carbons (Fsp3) is 0.643. The van der Waals surface area contributed by atoms with Crippen molar-refractivity contribution in [3.8, 4) is 0 Å². The first-order valence-corrected chi connectivity index (χ1v) is 7.14. The molecule has 1 aliphatic rings. The van der Waals surface area contributed by atoms with E-state index in [-0.39, 0.29) is 11.2 Å². The molecule has 20 heavy (non-hydrogen) atoms. The van der Waals surface area contributed by atoms with Gasteiger partial charge in [-0.2, -0.15) is 0 Å². The Labute approximate surface area is 126 Å². The molecule has 2 heterocycles. The van der Waals surface area contributed by atoms with E-state index in [2.05, 4.69) is 9.88 Å². The Morgan fingerprint density at radius 3 is 2.20 bits per heavy atom. The van der Waals surface area contributed by atoms with E-state index in [1.165, 1.54) is 0 Å². The average molecular weight is 297 g/mol. The van der Waals surface area contributed by atoms with E-state index in [1.807, 2.05) is 41.8 Å². The van der Waals surface area contributed by atoms with Crippen molar-refractivity contribution in [2.75, 3.05) is 14.1 Å². The third-order valence-corrected chi connectivity index (χ3v) is 4.43. The van der Waals surface area contributed by atoms with Crippen LogP contribution in [0.25, 0.3) is 0 Å². The smallest absolute Gasteiger partial charge is 0.399 e. The Bertz CT molecular complexity index is 490. The third kappa shape index (κ3) is 2.86. The number of rotatable bonds is 3. The van der Waals surface area contributed by atoms with Crippen molar-refractivity contribution < 1.29 is 9.31 Å². The molecule has 1 fully saturated rings.